The Balaban J connectivity index is 2.09. The number of ether oxygens (including phenoxy) is 1. The monoisotopic (exact) mass is 352 g/mol. The lowest BCUT2D eigenvalue weighted by molar-refractivity contribution is 0.0663. The highest BCUT2D eigenvalue weighted by molar-refractivity contribution is 7.99. The van der Waals surface area contributed by atoms with E-state index in [9.17, 15) is 14.7 Å². The van der Waals surface area contributed by atoms with Crippen LogP contribution in [0, 0.1) is 0 Å². The summed E-state index contributed by atoms with van der Waals surface area (Å²) >= 11 is 1.66. The number of carboxylic acids is 1. The van der Waals surface area contributed by atoms with Gasteiger partial charge in [-0.1, -0.05) is 19.4 Å². The number of hydrogen-bond acceptors (Lipinski definition) is 6. The first-order valence-corrected chi connectivity index (χ1v) is 8.87. The highest BCUT2D eigenvalue weighted by Gasteiger charge is 2.15. The van der Waals surface area contributed by atoms with Crippen LogP contribution in [0.25, 0.3) is 11.0 Å². The quantitative estimate of drug-likeness (QED) is 0.670. The maximum absolute atomic E-state index is 12.1. The molecule has 2 aromatic rings. The molecule has 0 saturated heterocycles. The van der Waals surface area contributed by atoms with Gasteiger partial charge in [0.25, 0.3) is 0 Å². The van der Waals surface area contributed by atoms with Crippen LogP contribution in [0.1, 0.15) is 30.3 Å². The van der Waals surface area contributed by atoms with Gasteiger partial charge in [0, 0.05) is 11.8 Å². The van der Waals surface area contributed by atoms with Crippen molar-refractivity contribution < 1.29 is 24.2 Å². The zero-order valence-corrected chi connectivity index (χ0v) is 14.2. The van der Waals surface area contributed by atoms with Gasteiger partial charge in [-0.15, -0.1) is 0 Å². The SMILES string of the molecule is CCCCSCC(O)COc1cccc2oc(C(=O)O)cc(=O)c12. The van der Waals surface area contributed by atoms with Gasteiger partial charge in [0.2, 0.25) is 5.76 Å². The molecule has 6 nitrogen and oxygen atoms in total. The van der Waals surface area contributed by atoms with Crippen LogP contribution in [0.15, 0.2) is 33.5 Å². The minimum absolute atomic E-state index is 0.0539. The van der Waals surface area contributed by atoms with Gasteiger partial charge in [-0.05, 0) is 24.3 Å². The van der Waals surface area contributed by atoms with Gasteiger partial charge in [0.05, 0.1) is 6.10 Å². The number of unbranched alkanes of at least 4 members (excludes halogenated alkanes) is 1. The van der Waals surface area contributed by atoms with Crippen LogP contribution >= 0.6 is 11.8 Å². The van der Waals surface area contributed by atoms with Crippen molar-refractivity contribution in [3.05, 3.63) is 40.2 Å². The molecule has 0 fully saturated rings. The molecule has 1 aromatic carbocycles. The van der Waals surface area contributed by atoms with Crippen molar-refractivity contribution in [2.24, 2.45) is 0 Å². The van der Waals surface area contributed by atoms with E-state index < -0.39 is 23.3 Å². The second-order valence-electron chi connectivity index (χ2n) is 5.30. The third kappa shape index (κ3) is 4.75. The minimum atomic E-state index is -1.31. The van der Waals surface area contributed by atoms with Gasteiger partial charge in [-0.25, -0.2) is 4.79 Å². The summed E-state index contributed by atoms with van der Waals surface area (Å²) in [6, 6.07) is 5.63. The Morgan fingerprint density at radius 3 is 2.92 bits per heavy atom. The zero-order valence-electron chi connectivity index (χ0n) is 13.4. The van der Waals surface area contributed by atoms with E-state index in [0.717, 1.165) is 24.7 Å². The van der Waals surface area contributed by atoms with Crippen LogP contribution in [0.5, 0.6) is 5.75 Å². The van der Waals surface area contributed by atoms with Crippen LogP contribution in [-0.4, -0.2) is 40.4 Å². The molecule has 0 bridgehead atoms. The fourth-order valence-electron chi connectivity index (χ4n) is 2.10. The number of aromatic carboxylic acids is 1. The van der Waals surface area contributed by atoms with E-state index in [1.165, 1.54) is 6.07 Å². The Kier molecular flexibility index (Phi) is 6.69. The van der Waals surface area contributed by atoms with Crippen molar-refractivity contribution in [3.63, 3.8) is 0 Å². The number of carboxylic acid groups (broad SMARTS) is 1. The number of carbonyl (C=O) groups is 1. The van der Waals surface area contributed by atoms with Crippen molar-refractivity contribution in [2.75, 3.05) is 18.1 Å². The van der Waals surface area contributed by atoms with Crippen molar-refractivity contribution in [1.82, 2.24) is 0 Å². The minimum Gasteiger partial charge on any atom is -0.490 e. The molecule has 0 spiro atoms. The molecule has 2 rings (SSSR count). The molecule has 0 amide bonds. The van der Waals surface area contributed by atoms with E-state index in [-0.39, 0.29) is 23.3 Å². The summed E-state index contributed by atoms with van der Waals surface area (Å²) in [4.78, 5) is 23.1. The maximum atomic E-state index is 12.1. The molecule has 1 unspecified atom stereocenters. The van der Waals surface area contributed by atoms with E-state index in [0.29, 0.717) is 5.75 Å². The van der Waals surface area contributed by atoms with Crippen LogP contribution in [0.4, 0.5) is 0 Å². The lowest BCUT2D eigenvalue weighted by Gasteiger charge is -2.13. The first-order chi connectivity index (χ1) is 11.5. The number of benzene rings is 1. The first-order valence-electron chi connectivity index (χ1n) is 7.71. The molecule has 0 saturated carbocycles. The van der Waals surface area contributed by atoms with E-state index in [2.05, 4.69) is 6.92 Å². The van der Waals surface area contributed by atoms with Crippen LogP contribution in [0.3, 0.4) is 0 Å². The third-order valence-electron chi connectivity index (χ3n) is 3.31. The molecule has 0 aliphatic rings. The highest BCUT2D eigenvalue weighted by atomic mass is 32.2. The van der Waals surface area contributed by atoms with E-state index >= 15 is 0 Å². The average molecular weight is 352 g/mol. The molecule has 130 valence electrons. The van der Waals surface area contributed by atoms with Crippen molar-refractivity contribution in [1.29, 1.82) is 0 Å². The molecule has 7 heteroatoms. The number of rotatable bonds is 9. The summed E-state index contributed by atoms with van der Waals surface area (Å²) in [5.41, 5.74) is -0.347. The van der Waals surface area contributed by atoms with Gasteiger partial charge in [-0.2, -0.15) is 11.8 Å². The molecular weight excluding hydrogens is 332 g/mol. The highest BCUT2D eigenvalue weighted by Crippen LogP contribution is 2.23. The topological polar surface area (TPSA) is 97.0 Å². The van der Waals surface area contributed by atoms with Gasteiger partial charge < -0.3 is 19.4 Å². The van der Waals surface area contributed by atoms with E-state index in [1.807, 2.05) is 0 Å². The summed E-state index contributed by atoms with van der Waals surface area (Å²) in [5.74, 6) is 0.0963. The van der Waals surface area contributed by atoms with Crippen molar-refractivity contribution in [2.45, 2.75) is 25.9 Å². The third-order valence-corrected chi connectivity index (χ3v) is 4.51. The van der Waals surface area contributed by atoms with Crippen LogP contribution < -0.4 is 10.2 Å². The van der Waals surface area contributed by atoms with Gasteiger partial charge in [-0.3, -0.25) is 4.79 Å². The smallest absolute Gasteiger partial charge is 0.371 e. The molecular formula is C17H20O6S. The number of aliphatic hydroxyl groups excluding tert-OH is 1. The number of thioether (sulfide) groups is 1. The second kappa shape index (κ2) is 8.75. The maximum Gasteiger partial charge on any atom is 0.371 e. The molecule has 2 N–H and O–H groups in total. The van der Waals surface area contributed by atoms with Gasteiger partial charge in [0.15, 0.2) is 5.43 Å². The number of fused-ring (bicyclic) bond motifs is 1. The largest absolute Gasteiger partial charge is 0.490 e. The lowest BCUT2D eigenvalue weighted by Crippen LogP contribution is -2.21. The summed E-state index contributed by atoms with van der Waals surface area (Å²) in [7, 11) is 0. The Labute approximate surface area is 143 Å². The molecule has 1 aromatic heterocycles. The van der Waals surface area contributed by atoms with E-state index in [1.54, 1.807) is 23.9 Å². The van der Waals surface area contributed by atoms with Gasteiger partial charge in [0.1, 0.15) is 23.3 Å². The van der Waals surface area contributed by atoms with Crippen molar-refractivity contribution >= 4 is 28.7 Å². The van der Waals surface area contributed by atoms with E-state index in [4.69, 9.17) is 14.3 Å². The Morgan fingerprint density at radius 1 is 1.42 bits per heavy atom. The molecule has 1 heterocycles. The van der Waals surface area contributed by atoms with Crippen LogP contribution in [-0.2, 0) is 0 Å². The van der Waals surface area contributed by atoms with Crippen LogP contribution in [0.2, 0.25) is 0 Å². The standard InChI is InChI=1S/C17H20O6S/c1-2-3-7-24-10-11(18)9-22-13-5-4-6-14-16(13)12(19)8-15(23-14)17(20)21/h4-6,8,11,18H,2-3,7,9-10H2,1H3,(H,20,21). The average Bonchev–Trinajstić information content (AvgIpc) is 2.56. The summed E-state index contributed by atoms with van der Waals surface area (Å²) < 4.78 is 10.7. The normalized spacial score (nSPS) is 12.2. The molecule has 24 heavy (non-hydrogen) atoms. The van der Waals surface area contributed by atoms with Crippen molar-refractivity contribution in [3.8, 4) is 5.75 Å². The lowest BCUT2D eigenvalue weighted by atomic mass is 10.2. The first kappa shape index (κ1) is 18.4. The molecule has 0 aliphatic carbocycles. The predicted molar refractivity (Wildman–Crippen MR) is 93.2 cm³/mol. The fourth-order valence-corrected chi connectivity index (χ4v) is 3.13. The Bertz CT molecular complexity index is 754. The molecule has 1 atom stereocenters. The summed E-state index contributed by atoms with van der Waals surface area (Å²) in [6.45, 7) is 2.17. The summed E-state index contributed by atoms with van der Waals surface area (Å²) in [6.07, 6.45) is 1.57. The Morgan fingerprint density at radius 2 is 2.21 bits per heavy atom. The molecule has 0 aliphatic heterocycles. The van der Waals surface area contributed by atoms with Gasteiger partial charge >= 0.3 is 5.97 Å². The second-order valence-corrected chi connectivity index (χ2v) is 6.45. The number of hydrogen-bond donors (Lipinski definition) is 2. The predicted octanol–water partition coefficient (Wildman–Crippen LogP) is 2.76. The fraction of sp³-hybridized carbons (Fsp3) is 0.412. The number of aliphatic hydroxyl groups is 1. The zero-order chi connectivity index (χ0) is 17.5. The Hall–Kier alpha value is -1.99. The summed E-state index contributed by atoms with van der Waals surface area (Å²) in [5, 5.41) is 19.1. The molecule has 0 radical (unpaired) electrons.